The number of nitrogens with one attached hydrogen (secondary N) is 1. The average molecular weight is 193 g/mol. The molecule has 74 valence electrons. The Kier molecular flexibility index (Phi) is 1.59. The summed E-state index contributed by atoms with van der Waals surface area (Å²) in [6.07, 6.45) is 1.93. The van der Waals surface area contributed by atoms with Crippen molar-refractivity contribution >= 4 is 0 Å². The summed E-state index contributed by atoms with van der Waals surface area (Å²) in [6.45, 7) is 1.87. The number of hydrogen-bond acceptors (Lipinski definition) is 2. The molecule has 1 spiro atoms. The Morgan fingerprint density at radius 2 is 2.36 bits per heavy atom. The largest absolute Gasteiger partial charge is 0.485 e. The molecule has 2 nitrogen and oxygen atoms in total. The second kappa shape index (κ2) is 2.70. The fourth-order valence-electron chi connectivity index (χ4n) is 2.34. The summed E-state index contributed by atoms with van der Waals surface area (Å²) in [6, 6.07) is 4.82. The van der Waals surface area contributed by atoms with Crippen LogP contribution in [-0.4, -0.2) is 18.7 Å². The first-order chi connectivity index (χ1) is 6.77. The van der Waals surface area contributed by atoms with Crippen molar-refractivity contribution in [2.75, 3.05) is 13.1 Å². The van der Waals surface area contributed by atoms with E-state index < -0.39 is 0 Å². The molecular formula is C11H12FNO. The van der Waals surface area contributed by atoms with Gasteiger partial charge in [0.05, 0.1) is 0 Å². The van der Waals surface area contributed by atoms with Crippen molar-refractivity contribution in [3.8, 4) is 5.75 Å². The number of fused-ring (bicyclic) bond motifs is 1. The first-order valence-corrected chi connectivity index (χ1v) is 4.96. The molecule has 1 aromatic rings. The Labute approximate surface area is 82.1 Å². The molecule has 14 heavy (non-hydrogen) atoms. The number of ether oxygens (including phenoxy) is 1. The molecule has 1 unspecified atom stereocenters. The van der Waals surface area contributed by atoms with E-state index in [1.54, 1.807) is 0 Å². The molecule has 1 N–H and O–H groups in total. The Hall–Kier alpha value is -1.09. The maximum Gasteiger partial charge on any atom is 0.127 e. The van der Waals surface area contributed by atoms with E-state index in [1.807, 2.05) is 6.07 Å². The van der Waals surface area contributed by atoms with Crippen LogP contribution in [-0.2, 0) is 6.42 Å². The van der Waals surface area contributed by atoms with Gasteiger partial charge in [-0.05, 0) is 18.2 Å². The second-order valence-electron chi connectivity index (χ2n) is 4.14. The van der Waals surface area contributed by atoms with Crippen LogP contribution in [0.2, 0.25) is 0 Å². The van der Waals surface area contributed by atoms with Gasteiger partial charge in [0.2, 0.25) is 0 Å². The van der Waals surface area contributed by atoms with E-state index in [2.05, 4.69) is 5.32 Å². The lowest BCUT2D eigenvalue weighted by Gasteiger charge is -2.21. The fraction of sp³-hybridized carbons (Fsp3) is 0.455. The van der Waals surface area contributed by atoms with Crippen LogP contribution in [0.3, 0.4) is 0 Å². The van der Waals surface area contributed by atoms with Gasteiger partial charge in [0.1, 0.15) is 17.2 Å². The van der Waals surface area contributed by atoms with Gasteiger partial charge in [-0.1, -0.05) is 6.07 Å². The highest BCUT2D eigenvalue weighted by Gasteiger charge is 2.41. The number of benzene rings is 1. The second-order valence-corrected chi connectivity index (χ2v) is 4.14. The molecule has 0 saturated carbocycles. The van der Waals surface area contributed by atoms with Crippen molar-refractivity contribution in [3.05, 3.63) is 29.6 Å². The quantitative estimate of drug-likeness (QED) is 0.674. The summed E-state index contributed by atoms with van der Waals surface area (Å²) in [7, 11) is 0. The molecule has 0 aromatic heterocycles. The molecule has 1 aromatic carbocycles. The van der Waals surface area contributed by atoms with E-state index in [4.69, 9.17) is 4.74 Å². The van der Waals surface area contributed by atoms with Gasteiger partial charge in [-0.15, -0.1) is 0 Å². The van der Waals surface area contributed by atoms with Gasteiger partial charge in [0, 0.05) is 25.5 Å². The van der Waals surface area contributed by atoms with E-state index in [9.17, 15) is 4.39 Å². The van der Waals surface area contributed by atoms with E-state index in [-0.39, 0.29) is 11.4 Å². The van der Waals surface area contributed by atoms with Crippen molar-refractivity contribution in [1.29, 1.82) is 0 Å². The van der Waals surface area contributed by atoms with Crippen molar-refractivity contribution in [2.45, 2.75) is 18.4 Å². The molecule has 0 amide bonds. The first-order valence-electron chi connectivity index (χ1n) is 4.96. The molecule has 3 heteroatoms. The monoisotopic (exact) mass is 193 g/mol. The summed E-state index contributed by atoms with van der Waals surface area (Å²) in [4.78, 5) is 0. The lowest BCUT2D eigenvalue weighted by molar-refractivity contribution is 0.117. The van der Waals surface area contributed by atoms with Crippen LogP contribution in [0.25, 0.3) is 0 Å². The zero-order valence-corrected chi connectivity index (χ0v) is 7.85. The third kappa shape index (κ3) is 1.12. The van der Waals surface area contributed by atoms with Crippen LogP contribution in [0.5, 0.6) is 5.75 Å². The van der Waals surface area contributed by atoms with Crippen molar-refractivity contribution < 1.29 is 9.13 Å². The molecule has 2 aliphatic heterocycles. The fourth-order valence-corrected chi connectivity index (χ4v) is 2.34. The molecule has 2 heterocycles. The van der Waals surface area contributed by atoms with E-state index in [0.29, 0.717) is 0 Å². The van der Waals surface area contributed by atoms with E-state index in [0.717, 1.165) is 37.2 Å². The summed E-state index contributed by atoms with van der Waals surface area (Å²) in [5.74, 6) is 0.514. The van der Waals surface area contributed by atoms with Crippen LogP contribution in [0, 0.1) is 5.82 Å². The van der Waals surface area contributed by atoms with Crippen LogP contribution in [0.1, 0.15) is 12.0 Å². The molecule has 1 saturated heterocycles. The molecule has 0 radical (unpaired) electrons. The van der Waals surface area contributed by atoms with Gasteiger partial charge < -0.3 is 10.1 Å². The Bertz CT molecular complexity index is 372. The van der Waals surface area contributed by atoms with E-state index in [1.165, 1.54) is 12.1 Å². The third-order valence-corrected chi connectivity index (χ3v) is 3.07. The standard InChI is InChI=1S/C11H12FNO/c12-9-2-1-8-6-11(3-4-13-7-11)14-10(8)5-9/h1-2,5,13H,3-4,6-7H2. The summed E-state index contributed by atoms with van der Waals surface area (Å²) >= 11 is 0. The van der Waals surface area contributed by atoms with Gasteiger partial charge in [0.25, 0.3) is 0 Å². The topological polar surface area (TPSA) is 21.3 Å². The predicted molar refractivity (Wildman–Crippen MR) is 50.9 cm³/mol. The van der Waals surface area contributed by atoms with Crippen molar-refractivity contribution in [2.24, 2.45) is 0 Å². The SMILES string of the molecule is Fc1ccc2c(c1)OC1(CCNC1)C2. The Balaban J connectivity index is 1.96. The van der Waals surface area contributed by atoms with Crippen molar-refractivity contribution in [3.63, 3.8) is 0 Å². The minimum atomic E-state index is -0.216. The molecule has 2 aliphatic rings. The minimum Gasteiger partial charge on any atom is -0.485 e. The van der Waals surface area contributed by atoms with Crippen LogP contribution < -0.4 is 10.1 Å². The predicted octanol–water partition coefficient (Wildman–Crippen LogP) is 1.49. The zero-order valence-electron chi connectivity index (χ0n) is 7.85. The Morgan fingerprint density at radius 1 is 1.43 bits per heavy atom. The average Bonchev–Trinajstić information content (AvgIpc) is 2.72. The maximum absolute atomic E-state index is 12.9. The van der Waals surface area contributed by atoms with Crippen LogP contribution in [0.4, 0.5) is 4.39 Å². The highest BCUT2D eigenvalue weighted by molar-refractivity contribution is 5.40. The van der Waals surface area contributed by atoms with Gasteiger partial charge in [-0.3, -0.25) is 0 Å². The highest BCUT2D eigenvalue weighted by Crippen LogP contribution is 2.38. The maximum atomic E-state index is 12.9. The van der Waals surface area contributed by atoms with Crippen LogP contribution in [0.15, 0.2) is 18.2 Å². The summed E-state index contributed by atoms with van der Waals surface area (Å²) < 4.78 is 18.8. The minimum absolute atomic E-state index is 0.0872. The third-order valence-electron chi connectivity index (χ3n) is 3.07. The molecule has 3 rings (SSSR count). The normalized spacial score (nSPS) is 29.2. The zero-order chi connectivity index (χ0) is 9.60. The Morgan fingerprint density at radius 3 is 3.14 bits per heavy atom. The van der Waals surface area contributed by atoms with Gasteiger partial charge in [0.15, 0.2) is 0 Å². The lowest BCUT2D eigenvalue weighted by atomic mass is 9.96. The van der Waals surface area contributed by atoms with Gasteiger partial charge >= 0.3 is 0 Å². The molecular weight excluding hydrogens is 181 g/mol. The number of rotatable bonds is 0. The van der Waals surface area contributed by atoms with E-state index >= 15 is 0 Å². The summed E-state index contributed by atoms with van der Waals surface area (Å²) in [5.41, 5.74) is 1.05. The number of halogens is 1. The molecule has 0 aliphatic carbocycles. The smallest absolute Gasteiger partial charge is 0.127 e. The molecule has 0 bridgehead atoms. The van der Waals surface area contributed by atoms with Gasteiger partial charge in [-0.25, -0.2) is 4.39 Å². The highest BCUT2D eigenvalue weighted by atomic mass is 19.1. The number of hydrogen-bond donors (Lipinski definition) is 1. The molecule has 1 fully saturated rings. The van der Waals surface area contributed by atoms with Gasteiger partial charge in [-0.2, -0.15) is 0 Å². The molecule has 1 atom stereocenters. The van der Waals surface area contributed by atoms with Crippen molar-refractivity contribution in [1.82, 2.24) is 5.32 Å². The lowest BCUT2D eigenvalue weighted by Crippen LogP contribution is -2.36. The summed E-state index contributed by atoms with van der Waals surface area (Å²) in [5, 5.41) is 3.29. The van der Waals surface area contributed by atoms with Crippen LogP contribution >= 0.6 is 0 Å². The first kappa shape index (κ1) is 8.24.